The van der Waals surface area contributed by atoms with Gasteiger partial charge in [-0.15, -0.1) is 15.0 Å². The van der Waals surface area contributed by atoms with Crippen LogP contribution in [0.1, 0.15) is 18.4 Å². The first-order chi connectivity index (χ1) is 14.7. The van der Waals surface area contributed by atoms with Crippen LogP contribution in [-0.4, -0.2) is 34.3 Å². The van der Waals surface area contributed by atoms with Gasteiger partial charge in [-0.2, -0.15) is 16.8 Å². The van der Waals surface area contributed by atoms with Gasteiger partial charge in [-0.05, 0) is 49.7 Å². The number of carbonyl (C=O) groups excluding carboxylic acids is 1. The number of aryl methyl sites for hydroxylation is 1. The molecule has 3 aromatic rings. The normalized spacial score (nSPS) is 14.7. The van der Waals surface area contributed by atoms with Gasteiger partial charge in [-0.1, -0.05) is 17.7 Å². The monoisotopic (exact) mass is 477 g/mol. The molecule has 0 saturated carbocycles. The summed E-state index contributed by atoms with van der Waals surface area (Å²) in [6.07, 6.45) is 2.54. The molecule has 1 aliphatic heterocycles. The molecule has 0 N–H and O–H groups in total. The number of benzene rings is 2. The molecule has 0 bridgehead atoms. The van der Waals surface area contributed by atoms with Crippen molar-refractivity contribution in [3.8, 4) is 0 Å². The molecule has 162 valence electrons. The first kappa shape index (κ1) is 21.5. The standard InChI is InChI=1S/C20H19N3O5S3/c1-15-4-8-17(9-5-15)30(25,26)23(20-21-12-14-29-20)31(27,28)18-10-6-16(7-11-18)22-13-2-3-19(22)24/h4-12,14H,2-3,13H2,1H3. The maximum atomic E-state index is 13.4. The zero-order valence-corrected chi connectivity index (χ0v) is 19.0. The number of aromatic nitrogens is 1. The first-order valence-electron chi connectivity index (χ1n) is 9.38. The third kappa shape index (κ3) is 3.95. The van der Waals surface area contributed by atoms with Crippen molar-refractivity contribution in [1.82, 2.24) is 4.98 Å². The number of hydrogen-bond donors (Lipinski definition) is 0. The largest absolute Gasteiger partial charge is 0.312 e. The summed E-state index contributed by atoms with van der Waals surface area (Å²) in [4.78, 5) is 17.1. The Bertz CT molecular complexity index is 1300. The molecule has 1 aliphatic rings. The van der Waals surface area contributed by atoms with Crippen molar-refractivity contribution in [3.63, 3.8) is 0 Å². The summed E-state index contributed by atoms with van der Waals surface area (Å²) in [5.74, 6) is -0.0260. The Hall–Kier alpha value is -2.76. The summed E-state index contributed by atoms with van der Waals surface area (Å²) < 4.78 is 53.9. The van der Waals surface area contributed by atoms with Gasteiger partial charge in [0.2, 0.25) is 11.0 Å². The van der Waals surface area contributed by atoms with Gasteiger partial charge in [-0.25, -0.2) is 4.98 Å². The predicted octanol–water partition coefficient (Wildman–Crippen LogP) is 3.16. The van der Waals surface area contributed by atoms with Crippen LogP contribution in [0.25, 0.3) is 0 Å². The van der Waals surface area contributed by atoms with E-state index in [1.807, 2.05) is 0 Å². The lowest BCUT2D eigenvalue weighted by molar-refractivity contribution is -0.117. The van der Waals surface area contributed by atoms with Crippen LogP contribution in [0.15, 0.2) is 69.9 Å². The van der Waals surface area contributed by atoms with Gasteiger partial charge < -0.3 is 4.90 Å². The number of amides is 1. The minimum absolute atomic E-state index is 0.0260. The van der Waals surface area contributed by atoms with Gasteiger partial charge in [0.1, 0.15) is 0 Å². The molecule has 0 atom stereocenters. The second-order valence-corrected chi connectivity index (χ2v) is 11.7. The maximum absolute atomic E-state index is 13.4. The highest BCUT2D eigenvalue weighted by Gasteiger charge is 2.38. The quantitative estimate of drug-likeness (QED) is 0.540. The average molecular weight is 478 g/mol. The lowest BCUT2D eigenvalue weighted by Crippen LogP contribution is -2.37. The Labute approximate surface area is 184 Å². The Morgan fingerprint density at radius 3 is 2.00 bits per heavy atom. The summed E-state index contributed by atoms with van der Waals surface area (Å²) in [6, 6.07) is 11.6. The van der Waals surface area contributed by atoms with E-state index in [1.54, 1.807) is 24.0 Å². The van der Waals surface area contributed by atoms with E-state index in [0.717, 1.165) is 23.3 Å². The van der Waals surface area contributed by atoms with Crippen LogP contribution in [0.3, 0.4) is 0 Å². The molecule has 8 nitrogen and oxygen atoms in total. The number of hydrogen-bond acceptors (Lipinski definition) is 7. The first-order valence-corrected chi connectivity index (χ1v) is 13.1. The van der Waals surface area contributed by atoms with Crippen LogP contribution < -0.4 is 8.61 Å². The summed E-state index contributed by atoms with van der Waals surface area (Å²) in [5.41, 5.74) is 1.42. The van der Waals surface area contributed by atoms with Crippen LogP contribution in [0, 0.1) is 6.92 Å². The summed E-state index contributed by atoms with van der Waals surface area (Å²) >= 11 is 0.905. The maximum Gasteiger partial charge on any atom is 0.279 e. The highest BCUT2D eigenvalue weighted by Crippen LogP contribution is 2.33. The summed E-state index contributed by atoms with van der Waals surface area (Å²) in [7, 11) is -8.96. The Morgan fingerprint density at radius 1 is 0.935 bits per heavy atom. The lowest BCUT2D eigenvalue weighted by atomic mass is 10.2. The number of rotatable bonds is 6. The number of anilines is 2. The smallest absolute Gasteiger partial charge is 0.279 e. The van der Waals surface area contributed by atoms with Gasteiger partial charge in [0, 0.05) is 30.2 Å². The number of sulfonamides is 2. The van der Waals surface area contributed by atoms with E-state index in [-0.39, 0.29) is 20.8 Å². The fourth-order valence-electron chi connectivity index (χ4n) is 3.26. The minimum Gasteiger partial charge on any atom is -0.312 e. The van der Waals surface area contributed by atoms with Crippen LogP contribution in [-0.2, 0) is 24.8 Å². The molecule has 0 spiro atoms. The van der Waals surface area contributed by atoms with Crippen LogP contribution in [0.4, 0.5) is 10.8 Å². The molecule has 0 aliphatic carbocycles. The van der Waals surface area contributed by atoms with Crippen molar-refractivity contribution in [2.24, 2.45) is 0 Å². The topological polar surface area (TPSA) is 105 Å². The van der Waals surface area contributed by atoms with Gasteiger partial charge in [0.25, 0.3) is 20.0 Å². The third-order valence-electron chi connectivity index (χ3n) is 4.85. The fourth-order valence-corrected chi connectivity index (χ4v) is 7.96. The second-order valence-electron chi connectivity index (χ2n) is 6.98. The molecular weight excluding hydrogens is 458 g/mol. The van der Waals surface area contributed by atoms with E-state index in [4.69, 9.17) is 0 Å². The Kier molecular flexibility index (Phi) is 5.58. The second kappa shape index (κ2) is 8.06. The van der Waals surface area contributed by atoms with Crippen molar-refractivity contribution >= 4 is 48.1 Å². The minimum atomic E-state index is -4.50. The van der Waals surface area contributed by atoms with E-state index in [0.29, 0.717) is 22.4 Å². The molecule has 1 fully saturated rings. The zero-order valence-electron chi connectivity index (χ0n) is 16.5. The molecule has 2 aromatic carbocycles. The van der Waals surface area contributed by atoms with Crippen molar-refractivity contribution in [2.45, 2.75) is 29.6 Å². The fraction of sp³-hybridized carbons (Fsp3) is 0.200. The Morgan fingerprint density at radius 2 is 1.52 bits per heavy atom. The number of nitrogens with zero attached hydrogens (tertiary/aromatic N) is 3. The SMILES string of the molecule is Cc1ccc(S(=O)(=O)N(c2nccs2)S(=O)(=O)c2ccc(N3CCCC3=O)cc2)cc1. The van der Waals surface area contributed by atoms with E-state index >= 15 is 0 Å². The highest BCUT2D eigenvalue weighted by molar-refractivity contribution is 8.10. The van der Waals surface area contributed by atoms with Crippen LogP contribution in [0.2, 0.25) is 0 Å². The van der Waals surface area contributed by atoms with E-state index in [2.05, 4.69) is 4.98 Å². The molecule has 4 rings (SSSR count). The molecule has 11 heteroatoms. The molecule has 0 radical (unpaired) electrons. The molecular formula is C20H19N3O5S3. The van der Waals surface area contributed by atoms with Crippen molar-refractivity contribution in [2.75, 3.05) is 15.2 Å². The predicted molar refractivity (Wildman–Crippen MR) is 118 cm³/mol. The zero-order chi connectivity index (χ0) is 22.2. The van der Waals surface area contributed by atoms with E-state index < -0.39 is 20.0 Å². The highest BCUT2D eigenvalue weighted by atomic mass is 32.3. The van der Waals surface area contributed by atoms with Gasteiger partial charge in [-0.3, -0.25) is 4.79 Å². The third-order valence-corrected chi connectivity index (χ3v) is 9.97. The molecule has 2 heterocycles. The molecule has 1 aromatic heterocycles. The molecule has 31 heavy (non-hydrogen) atoms. The summed E-state index contributed by atoms with van der Waals surface area (Å²) in [6.45, 7) is 2.37. The van der Waals surface area contributed by atoms with Crippen molar-refractivity contribution in [1.29, 1.82) is 0 Å². The lowest BCUT2D eigenvalue weighted by Gasteiger charge is -2.22. The molecule has 1 saturated heterocycles. The van der Waals surface area contributed by atoms with Crippen molar-refractivity contribution in [3.05, 3.63) is 65.7 Å². The number of thiazole rings is 1. The van der Waals surface area contributed by atoms with E-state index in [9.17, 15) is 21.6 Å². The van der Waals surface area contributed by atoms with Crippen LogP contribution in [0.5, 0.6) is 0 Å². The Balaban J connectivity index is 1.78. The summed E-state index contributed by atoms with van der Waals surface area (Å²) in [5, 5.41) is 1.32. The van der Waals surface area contributed by atoms with Crippen LogP contribution >= 0.6 is 11.3 Å². The molecule has 1 amide bonds. The van der Waals surface area contributed by atoms with Gasteiger partial charge in [0.05, 0.1) is 9.79 Å². The van der Waals surface area contributed by atoms with E-state index in [1.165, 1.54) is 48.0 Å². The molecule has 0 unspecified atom stereocenters. The van der Waals surface area contributed by atoms with Gasteiger partial charge >= 0.3 is 0 Å². The van der Waals surface area contributed by atoms with Gasteiger partial charge in [0.15, 0.2) is 0 Å². The average Bonchev–Trinajstić information content (AvgIpc) is 3.40. The number of carbonyl (C=O) groups is 1. The van der Waals surface area contributed by atoms with Crippen molar-refractivity contribution < 1.29 is 21.6 Å².